The highest BCUT2D eigenvalue weighted by Crippen LogP contribution is 2.40. The maximum atomic E-state index is 14.1. The highest BCUT2D eigenvalue weighted by atomic mass is 19.3. The SMILES string of the molecule is C/C=C/c1cc(C2(c3ccc(OC(F)F)cc3)N=C(N)N(C)C2=O)ccc1F. The second-order valence-electron chi connectivity index (χ2n) is 6.18. The van der Waals surface area contributed by atoms with Crippen LogP contribution in [0.3, 0.4) is 0 Å². The topological polar surface area (TPSA) is 67.9 Å². The van der Waals surface area contributed by atoms with Crippen LogP contribution in [-0.4, -0.2) is 30.4 Å². The van der Waals surface area contributed by atoms with E-state index in [9.17, 15) is 18.0 Å². The molecule has 1 aliphatic heterocycles. The Morgan fingerprint density at radius 2 is 1.82 bits per heavy atom. The molecule has 8 heteroatoms. The number of nitrogens with zero attached hydrogens (tertiary/aromatic N) is 2. The van der Waals surface area contributed by atoms with E-state index in [1.165, 1.54) is 54.4 Å². The number of guanidine groups is 1. The summed E-state index contributed by atoms with van der Waals surface area (Å²) in [6.45, 7) is -1.22. The van der Waals surface area contributed by atoms with Gasteiger partial charge in [0, 0.05) is 12.6 Å². The number of hydrogen-bond donors (Lipinski definition) is 1. The highest BCUT2D eigenvalue weighted by molar-refractivity contribution is 6.09. The molecule has 0 spiro atoms. The van der Waals surface area contributed by atoms with Crippen LogP contribution in [0.2, 0.25) is 0 Å². The Labute approximate surface area is 159 Å². The molecule has 1 atom stereocenters. The Balaban J connectivity index is 2.19. The molecular weight excluding hydrogens is 371 g/mol. The number of alkyl halides is 2. The Hall–Kier alpha value is -3.29. The summed E-state index contributed by atoms with van der Waals surface area (Å²) in [5.41, 5.74) is 5.42. The molecule has 2 aromatic carbocycles. The number of carbonyl (C=O) groups is 1. The van der Waals surface area contributed by atoms with Gasteiger partial charge in [0.25, 0.3) is 5.91 Å². The molecule has 146 valence electrons. The zero-order valence-electron chi connectivity index (χ0n) is 15.2. The van der Waals surface area contributed by atoms with Gasteiger partial charge < -0.3 is 10.5 Å². The molecule has 0 aromatic heterocycles. The fraction of sp³-hybridized carbons (Fsp3) is 0.200. The third-order valence-electron chi connectivity index (χ3n) is 4.50. The van der Waals surface area contributed by atoms with Gasteiger partial charge in [-0.25, -0.2) is 9.38 Å². The molecule has 2 aromatic rings. The molecule has 1 aliphatic rings. The van der Waals surface area contributed by atoms with Crippen LogP contribution in [0.1, 0.15) is 23.6 Å². The molecule has 0 fully saturated rings. The van der Waals surface area contributed by atoms with Crippen LogP contribution in [0.5, 0.6) is 5.75 Å². The largest absolute Gasteiger partial charge is 0.435 e. The number of carbonyl (C=O) groups excluding carboxylic acids is 1. The minimum absolute atomic E-state index is 0.00480. The van der Waals surface area contributed by atoms with Gasteiger partial charge in [0.15, 0.2) is 11.5 Å². The van der Waals surface area contributed by atoms with Crippen LogP contribution >= 0.6 is 0 Å². The van der Waals surface area contributed by atoms with Gasteiger partial charge in [0.1, 0.15) is 11.6 Å². The van der Waals surface area contributed by atoms with Crippen LogP contribution in [0.4, 0.5) is 13.2 Å². The van der Waals surface area contributed by atoms with Gasteiger partial charge in [-0.1, -0.05) is 30.4 Å². The standard InChI is InChI=1S/C20H18F3N3O2/c1-3-4-12-11-14(7-10-16(12)21)20(17(27)26(2)19(24)25-20)13-5-8-15(9-6-13)28-18(22)23/h3-11,18H,1-2H3,(H2,24,25)/b4-3+. The van der Waals surface area contributed by atoms with Crippen molar-refractivity contribution in [2.75, 3.05) is 7.05 Å². The van der Waals surface area contributed by atoms with E-state index in [4.69, 9.17) is 5.73 Å². The number of allylic oxidation sites excluding steroid dienone is 1. The Bertz CT molecular complexity index is 958. The van der Waals surface area contributed by atoms with Gasteiger partial charge in [-0.3, -0.25) is 9.69 Å². The van der Waals surface area contributed by atoms with Crippen molar-refractivity contribution in [2.45, 2.75) is 19.1 Å². The lowest BCUT2D eigenvalue weighted by atomic mass is 9.82. The second-order valence-corrected chi connectivity index (χ2v) is 6.18. The molecule has 1 heterocycles. The van der Waals surface area contributed by atoms with Gasteiger partial charge in [0.2, 0.25) is 0 Å². The van der Waals surface area contributed by atoms with Crippen LogP contribution in [-0.2, 0) is 10.3 Å². The number of rotatable bonds is 5. The van der Waals surface area contributed by atoms with Crippen molar-refractivity contribution in [3.8, 4) is 5.75 Å². The third kappa shape index (κ3) is 3.21. The first kappa shape index (κ1) is 19.5. The van der Waals surface area contributed by atoms with Gasteiger partial charge in [-0.15, -0.1) is 0 Å². The molecule has 2 N–H and O–H groups in total. The van der Waals surface area contributed by atoms with Crippen molar-refractivity contribution >= 4 is 17.9 Å². The van der Waals surface area contributed by atoms with E-state index in [-0.39, 0.29) is 17.3 Å². The minimum atomic E-state index is -2.96. The summed E-state index contributed by atoms with van der Waals surface area (Å²) in [5, 5.41) is 0. The zero-order valence-corrected chi connectivity index (χ0v) is 15.2. The van der Waals surface area contributed by atoms with Crippen molar-refractivity contribution in [3.63, 3.8) is 0 Å². The molecule has 3 rings (SSSR count). The van der Waals surface area contributed by atoms with Crippen molar-refractivity contribution < 1.29 is 22.7 Å². The van der Waals surface area contributed by atoms with E-state index in [0.29, 0.717) is 11.1 Å². The molecule has 0 aliphatic carbocycles. The van der Waals surface area contributed by atoms with E-state index < -0.39 is 23.9 Å². The van der Waals surface area contributed by atoms with Gasteiger partial charge in [-0.2, -0.15) is 8.78 Å². The molecule has 0 saturated carbocycles. The predicted octanol–water partition coefficient (Wildman–Crippen LogP) is 3.49. The van der Waals surface area contributed by atoms with Crippen molar-refractivity contribution in [1.29, 1.82) is 0 Å². The normalized spacial score (nSPS) is 19.6. The quantitative estimate of drug-likeness (QED) is 0.851. The van der Waals surface area contributed by atoms with Crippen molar-refractivity contribution in [1.82, 2.24) is 4.90 Å². The third-order valence-corrected chi connectivity index (χ3v) is 4.50. The first-order valence-corrected chi connectivity index (χ1v) is 8.41. The molecular formula is C20H18F3N3O2. The van der Waals surface area contributed by atoms with Gasteiger partial charge in [-0.05, 0) is 42.3 Å². The molecule has 0 saturated heterocycles. The number of hydrogen-bond acceptors (Lipinski definition) is 4. The second kappa shape index (κ2) is 7.38. The Morgan fingerprint density at radius 1 is 1.18 bits per heavy atom. The summed E-state index contributed by atoms with van der Waals surface area (Å²) < 4.78 is 43.3. The van der Waals surface area contributed by atoms with Crippen LogP contribution in [0.25, 0.3) is 6.08 Å². The number of amides is 1. The lowest BCUT2D eigenvalue weighted by Gasteiger charge is -2.26. The molecule has 0 bridgehead atoms. The lowest BCUT2D eigenvalue weighted by molar-refractivity contribution is -0.129. The monoisotopic (exact) mass is 389 g/mol. The summed E-state index contributed by atoms with van der Waals surface area (Å²) in [5.74, 6) is -0.952. The Kier molecular flexibility index (Phi) is 5.13. The van der Waals surface area contributed by atoms with Crippen LogP contribution in [0, 0.1) is 5.82 Å². The molecule has 1 unspecified atom stereocenters. The number of ether oxygens (including phenoxy) is 1. The summed E-state index contributed by atoms with van der Waals surface area (Å²) in [7, 11) is 1.48. The lowest BCUT2D eigenvalue weighted by Crippen LogP contribution is -2.41. The number of nitrogens with two attached hydrogens (primary N) is 1. The van der Waals surface area contributed by atoms with Crippen LogP contribution < -0.4 is 10.5 Å². The zero-order chi connectivity index (χ0) is 20.5. The highest BCUT2D eigenvalue weighted by Gasteiger charge is 2.49. The van der Waals surface area contributed by atoms with Crippen molar-refractivity contribution in [2.24, 2.45) is 10.7 Å². The first-order chi connectivity index (χ1) is 13.3. The van der Waals surface area contributed by atoms with Gasteiger partial charge in [0.05, 0.1) is 0 Å². The fourth-order valence-corrected chi connectivity index (χ4v) is 3.14. The smallest absolute Gasteiger partial charge is 0.387 e. The first-order valence-electron chi connectivity index (χ1n) is 8.41. The molecule has 28 heavy (non-hydrogen) atoms. The van der Waals surface area contributed by atoms with Gasteiger partial charge >= 0.3 is 6.61 Å². The van der Waals surface area contributed by atoms with E-state index in [2.05, 4.69) is 9.73 Å². The maximum absolute atomic E-state index is 14.1. The average molecular weight is 389 g/mol. The number of aliphatic imine (C=N–C) groups is 1. The summed E-state index contributed by atoms with van der Waals surface area (Å²) in [4.78, 5) is 18.7. The fourth-order valence-electron chi connectivity index (χ4n) is 3.14. The van der Waals surface area contributed by atoms with E-state index in [1.807, 2.05) is 0 Å². The number of benzene rings is 2. The van der Waals surface area contributed by atoms with E-state index >= 15 is 0 Å². The maximum Gasteiger partial charge on any atom is 0.387 e. The number of likely N-dealkylation sites (N-methyl/N-ethyl adjacent to an activating group) is 1. The summed E-state index contributed by atoms with van der Waals surface area (Å²) in [6.07, 6.45) is 3.24. The van der Waals surface area contributed by atoms with Crippen LogP contribution in [0.15, 0.2) is 53.5 Å². The predicted molar refractivity (Wildman–Crippen MR) is 99.4 cm³/mol. The molecule has 0 radical (unpaired) electrons. The van der Waals surface area contributed by atoms with E-state index in [1.54, 1.807) is 19.1 Å². The summed E-state index contributed by atoms with van der Waals surface area (Å²) in [6, 6.07) is 9.78. The van der Waals surface area contributed by atoms with E-state index in [0.717, 1.165) is 0 Å². The average Bonchev–Trinajstić information content (AvgIpc) is 2.89. The minimum Gasteiger partial charge on any atom is -0.435 e. The number of halogens is 3. The van der Waals surface area contributed by atoms with Crippen molar-refractivity contribution in [3.05, 3.63) is 71.0 Å². The molecule has 5 nitrogen and oxygen atoms in total. The Morgan fingerprint density at radius 3 is 2.36 bits per heavy atom. The molecule has 1 amide bonds. The summed E-state index contributed by atoms with van der Waals surface area (Å²) >= 11 is 0.